The van der Waals surface area contributed by atoms with Crippen molar-refractivity contribution < 1.29 is 4.79 Å². The highest BCUT2D eigenvalue weighted by atomic mass is 32.2. The number of aryl methyl sites for hydroxylation is 1. The summed E-state index contributed by atoms with van der Waals surface area (Å²) in [4.78, 5) is 12.5. The van der Waals surface area contributed by atoms with Crippen molar-refractivity contribution in [3.8, 4) is 0 Å². The van der Waals surface area contributed by atoms with Gasteiger partial charge in [0.05, 0.1) is 5.75 Å². The molecule has 0 aliphatic heterocycles. The summed E-state index contributed by atoms with van der Waals surface area (Å²) in [6.07, 6.45) is 6.86. The Morgan fingerprint density at radius 3 is 2.53 bits per heavy atom. The molecule has 5 nitrogen and oxygen atoms in total. The van der Waals surface area contributed by atoms with Crippen molar-refractivity contribution >= 4 is 23.4 Å². The van der Waals surface area contributed by atoms with Crippen LogP contribution in [0.15, 0.2) is 59.8 Å². The number of rotatable bonds is 7. The molecule has 0 spiro atoms. The van der Waals surface area contributed by atoms with E-state index in [1.165, 1.54) is 36.6 Å². The Hall–Kier alpha value is -2.60. The molecular formula is C24H28N4OS. The van der Waals surface area contributed by atoms with Crippen LogP contribution < -0.4 is 5.32 Å². The van der Waals surface area contributed by atoms with Crippen LogP contribution in [0.5, 0.6) is 0 Å². The number of thioether (sulfide) groups is 1. The van der Waals surface area contributed by atoms with Crippen molar-refractivity contribution in [2.45, 2.75) is 56.6 Å². The van der Waals surface area contributed by atoms with Crippen molar-refractivity contribution in [1.82, 2.24) is 14.8 Å². The van der Waals surface area contributed by atoms with Crippen LogP contribution in [0, 0.1) is 6.92 Å². The largest absolute Gasteiger partial charge is 0.325 e. The lowest BCUT2D eigenvalue weighted by atomic mass is 9.95. The first kappa shape index (κ1) is 20.7. The molecule has 1 saturated carbocycles. The molecule has 0 radical (unpaired) electrons. The minimum absolute atomic E-state index is 0.0166. The number of nitrogens with zero attached hydrogens (tertiary/aromatic N) is 3. The molecule has 1 fully saturated rings. The van der Waals surface area contributed by atoms with Gasteiger partial charge in [-0.15, -0.1) is 10.2 Å². The zero-order valence-corrected chi connectivity index (χ0v) is 18.2. The number of hydrogen-bond acceptors (Lipinski definition) is 4. The number of carbonyl (C=O) groups is 1. The average Bonchev–Trinajstić information content (AvgIpc) is 3.17. The predicted molar refractivity (Wildman–Crippen MR) is 122 cm³/mol. The summed E-state index contributed by atoms with van der Waals surface area (Å²) in [5.74, 6) is 1.30. The maximum Gasteiger partial charge on any atom is 0.234 e. The minimum Gasteiger partial charge on any atom is -0.325 e. The number of para-hydroxylation sites is 1. The Bertz CT molecular complexity index is 980. The summed E-state index contributed by atoms with van der Waals surface area (Å²) in [5, 5.41) is 12.9. The summed E-state index contributed by atoms with van der Waals surface area (Å²) < 4.78 is 2.30. The van der Waals surface area contributed by atoms with Gasteiger partial charge < -0.3 is 9.88 Å². The Labute approximate surface area is 182 Å². The molecule has 3 aromatic rings. The van der Waals surface area contributed by atoms with Crippen molar-refractivity contribution in [1.29, 1.82) is 0 Å². The first-order valence-electron chi connectivity index (χ1n) is 10.7. The Morgan fingerprint density at radius 1 is 1.03 bits per heavy atom. The Balaban J connectivity index is 1.49. The number of hydrogen-bond donors (Lipinski definition) is 1. The van der Waals surface area contributed by atoms with Gasteiger partial charge in [0.15, 0.2) is 5.16 Å². The zero-order valence-electron chi connectivity index (χ0n) is 17.4. The van der Waals surface area contributed by atoms with Crippen LogP contribution >= 0.6 is 11.8 Å². The summed E-state index contributed by atoms with van der Waals surface area (Å²) >= 11 is 1.48. The molecule has 30 heavy (non-hydrogen) atoms. The average molecular weight is 421 g/mol. The van der Waals surface area contributed by atoms with Crippen molar-refractivity contribution in [3.63, 3.8) is 0 Å². The summed E-state index contributed by atoms with van der Waals surface area (Å²) in [7, 11) is 0. The van der Waals surface area contributed by atoms with Gasteiger partial charge in [0, 0.05) is 18.2 Å². The van der Waals surface area contributed by atoms with Gasteiger partial charge in [-0.25, -0.2) is 0 Å². The van der Waals surface area contributed by atoms with E-state index in [0.717, 1.165) is 41.5 Å². The van der Waals surface area contributed by atoms with E-state index in [1.807, 2.05) is 37.3 Å². The zero-order chi connectivity index (χ0) is 20.8. The van der Waals surface area contributed by atoms with E-state index in [-0.39, 0.29) is 5.91 Å². The number of anilines is 1. The highest BCUT2D eigenvalue weighted by Gasteiger charge is 2.23. The van der Waals surface area contributed by atoms with Gasteiger partial charge in [0.25, 0.3) is 0 Å². The summed E-state index contributed by atoms with van der Waals surface area (Å²) in [6.45, 7) is 2.00. The molecule has 1 aliphatic carbocycles. The molecule has 2 aromatic carbocycles. The third-order valence-corrected chi connectivity index (χ3v) is 6.57. The molecule has 1 aliphatic rings. The van der Waals surface area contributed by atoms with Gasteiger partial charge in [-0.2, -0.15) is 0 Å². The van der Waals surface area contributed by atoms with Crippen LogP contribution in [0.2, 0.25) is 0 Å². The van der Waals surface area contributed by atoms with Crippen LogP contribution in [-0.4, -0.2) is 26.4 Å². The normalized spacial score (nSPS) is 14.6. The molecule has 1 aromatic heterocycles. The molecule has 4 rings (SSSR count). The molecule has 156 valence electrons. The molecule has 0 saturated heterocycles. The van der Waals surface area contributed by atoms with Crippen LogP contribution in [0.1, 0.15) is 55.1 Å². The van der Waals surface area contributed by atoms with E-state index in [0.29, 0.717) is 11.8 Å². The standard InChI is InChI=1S/C24H28N4OS/c1-18-10-8-9-15-21(18)25-23(29)17-30-24-27-26-22(16-19-11-4-2-5-12-19)28(24)20-13-6-3-7-14-20/h2,4-5,8-12,15,20H,3,6-7,13-14,16-17H2,1H3,(H,25,29). The molecular weight excluding hydrogens is 392 g/mol. The highest BCUT2D eigenvalue weighted by Crippen LogP contribution is 2.33. The van der Waals surface area contributed by atoms with E-state index >= 15 is 0 Å². The maximum absolute atomic E-state index is 12.5. The maximum atomic E-state index is 12.5. The fourth-order valence-electron chi connectivity index (χ4n) is 4.04. The first-order chi connectivity index (χ1) is 14.7. The van der Waals surface area contributed by atoms with E-state index < -0.39 is 0 Å². The van der Waals surface area contributed by atoms with E-state index in [2.05, 4.69) is 44.3 Å². The second kappa shape index (κ2) is 9.94. The smallest absolute Gasteiger partial charge is 0.234 e. The van der Waals surface area contributed by atoms with Gasteiger partial charge in [-0.1, -0.05) is 79.6 Å². The molecule has 0 bridgehead atoms. The molecule has 0 unspecified atom stereocenters. The van der Waals surface area contributed by atoms with E-state index in [4.69, 9.17) is 0 Å². The van der Waals surface area contributed by atoms with Gasteiger partial charge >= 0.3 is 0 Å². The topological polar surface area (TPSA) is 59.8 Å². The third kappa shape index (κ3) is 5.11. The van der Waals surface area contributed by atoms with E-state index in [1.54, 1.807) is 0 Å². The fourth-order valence-corrected chi connectivity index (χ4v) is 4.86. The first-order valence-corrected chi connectivity index (χ1v) is 11.7. The van der Waals surface area contributed by atoms with Crippen LogP contribution in [-0.2, 0) is 11.2 Å². The summed E-state index contributed by atoms with van der Waals surface area (Å²) in [5.41, 5.74) is 3.16. The number of amides is 1. The second-order valence-electron chi connectivity index (χ2n) is 7.87. The van der Waals surface area contributed by atoms with Crippen molar-refractivity contribution in [2.24, 2.45) is 0 Å². The Kier molecular flexibility index (Phi) is 6.84. The molecule has 1 amide bonds. The van der Waals surface area contributed by atoms with Crippen molar-refractivity contribution in [3.05, 3.63) is 71.5 Å². The third-order valence-electron chi connectivity index (χ3n) is 5.63. The van der Waals surface area contributed by atoms with E-state index in [9.17, 15) is 4.79 Å². The monoisotopic (exact) mass is 420 g/mol. The fraction of sp³-hybridized carbons (Fsp3) is 0.375. The SMILES string of the molecule is Cc1ccccc1NC(=O)CSc1nnc(Cc2ccccc2)n1C1CCCCC1. The number of benzene rings is 2. The highest BCUT2D eigenvalue weighted by molar-refractivity contribution is 7.99. The number of carbonyl (C=O) groups excluding carboxylic acids is 1. The van der Waals surface area contributed by atoms with Crippen molar-refractivity contribution in [2.75, 3.05) is 11.1 Å². The lowest BCUT2D eigenvalue weighted by molar-refractivity contribution is -0.113. The van der Waals surface area contributed by atoms with Crippen LogP contribution in [0.4, 0.5) is 5.69 Å². The molecule has 1 N–H and O–H groups in total. The van der Waals surface area contributed by atoms with Gasteiger partial charge in [0.1, 0.15) is 5.82 Å². The van der Waals surface area contributed by atoms with Gasteiger partial charge in [-0.3, -0.25) is 4.79 Å². The predicted octanol–water partition coefficient (Wildman–Crippen LogP) is 5.41. The van der Waals surface area contributed by atoms with Gasteiger partial charge in [0.2, 0.25) is 5.91 Å². The van der Waals surface area contributed by atoms with Crippen LogP contribution in [0.25, 0.3) is 0 Å². The quantitative estimate of drug-likeness (QED) is 0.519. The minimum atomic E-state index is -0.0166. The lowest BCUT2D eigenvalue weighted by Gasteiger charge is -2.25. The number of aromatic nitrogens is 3. The number of nitrogens with one attached hydrogen (secondary N) is 1. The summed E-state index contributed by atoms with van der Waals surface area (Å²) in [6, 6.07) is 18.7. The van der Waals surface area contributed by atoms with Crippen LogP contribution in [0.3, 0.4) is 0 Å². The molecule has 6 heteroatoms. The Morgan fingerprint density at radius 2 is 1.77 bits per heavy atom. The second-order valence-corrected chi connectivity index (χ2v) is 8.82. The molecule has 1 heterocycles. The lowest BCUT2D eigenvalue weighted by Crippen LogP contribution is -2.18. The van der Waals surface area contributed by atoms with Gasteiger partial charge in [-0.05, 0) is 37.0 Å². The molecule has 0 atom stereocenters.